The molecule has 0 fully saturated rings. The zero-order chi connectivity index (χ0) is 11.5. The van der Waals surface area contributed by atoms with E-state index in [-0.39, 0.29) is 22.7 Å². The number of aromatic hydroxyl groups is 1. The Labute approximate surface area is 95.7 Å². The first kappa shape index (κ1) is 10.6. The molecule has 6 heteroatoms. The zero-order valence-electron chi connectivity index (χ0n) is 7.98. The SMILES string of the molecule is Oc1cnc(Cl)nc1Nc1ccc(F)cc1. The topological polar surface area (TPSA) is 58.0 Å². The number of anilines is 2. The standard InChI is InChI=1S/C10H7ClFN3O/c11-10-13-5-8(16)9(15-10)14-7-3-1-6(12)2-4-7/h1-5,16H,(H,13,14,15). The van der Waals surface area contributed by atoms with Gasteiger partial charge >= 0.3 is 0 Å². The lowest BCUT2D eigenvalue weighted by Gasteiger charge is -2.06. The summed E-state index contributed by atoms with van der Waals surface area (Å²) < 4.78 is 12.6. The molecule has 82 valence electrons. The molecule has 0 unspecified atom stereocenters. The number of hydrogen-bond acceptors (Lipinski definition) is 4. The van der Waals surface area contributed by atoms with Crippen LogP contribution >= 0.6 is 11.6 Å². The van der Waals surface area contributed by atoms with Crippen molar-refractivity contribution in [2.45, 2.75) is 0 Å². The number of rotatable bonds is 2. The third kappa shape index (κ3) is 2.38. The molecule has 1 aromatic heterocycles. The second kappa shape index (κ2) is 4.32. The van der Waals surface area contributed by atoms with Crippen molar-refractivity contribution >= 4 is 23.1 Å². The summed E-state index contributed by atoms with van der Waals surface area (Å²) in [5.74, 6) is -0.296. The Morgan fingerprint density at radius 3 is 2.62 bits per heavy atom. The Bertz CT molecular complexity index is 504. The molecule has 0 saturated heterocycles. The van der Waals surface area contributed by atoms with E-state index in [1.54, 1.807) is 0 Å². The molecule has 2 aromatic rings. The van der Waals surface area contributed by atoms with Gasteiger partial charge in [-0.15, -0.1) is 0 Å². The van der Waals surface area contributed by atoms with Crippen molar-refractivity contribution in [3.05, 3.63) is 41.6 Å². The van der Waals surface area contributed by atoms with Crippen LogP contribution < -0.4 is 5.32 Å². The molecule has 0 aliphatic rings. The van der Waals surface area contributed by atoms with Crippen molar-refractivity contribution in [3.63, 3.8) is 0 Å². The molecule has 0 bridgehead atoms. The van der Waals surface area contributed by atoms with Gasteiger partial charge in [0.1, 0.15) is 5.82 Å². The van der Waals surface area contributed by atoms with Crippen LogP contribution in [0.2, 0.25) is 5.28 Å². The quantitative estimate of drug-likeness (QED) is 0.791. The van der Waals surface area contributed by atoms with Crippen molar-refractivity contribution in [2.24, 2.45) is 0 Å². The van der Waals surface area contributed by atoms with Crippen molar-refractivity contribution in [1.82, 2.24) is 9.97 Å². The van der Waals surface area contributed by atoms with E-state index in [2.05, 4.69) is 15.3 Å². The molecule has 1 heterocycles. The highest BCUT2D eigenvalue weighted by Crippen LogP contribution is 2.24. The van der Waals surface area contributed by atoms with E-state index in [0.717, 1.165) is 0 Å². The van der Waals surface area contributed by atoms with Gasteiger partial charge in [0.15, 0.2) is 11.6 Å². The molecule has 4 nitrogen and oxygen atoms in total. The summed E-state index contributed by atoms with van der Waals surface area (Å²) in [6, 6.07) is 5.62. The van der Waals surface area contributed by atoms with Crippen LogP contribution in [0.3, 0.4) is 0 Å². The number of nitrogens with one attached hydrogen (secondary N) is 1. The zero-order valence-corrected chi connectivity index (χ0v) is 8.74. The number of hydrogen-bond donors (Lipinski definition) is 2. The van der Waals surface area contributed by atoms with Crippen molar-refractivity contribution in [1.29, 1.82) is 0 Å². The minimum Gasteiger partial charge on any atom is -0.503 e. The molecule has 2 N–H and O–H groups in total. The lowest BCUT2D eigenvalue weighted by Crippen LogP contribution is -1.95. The molecule has 0 atom stereocenters. The van der Waals surface area contributed by atoms with Gasteiger partial charge in [-0.05, 0) is 35.9 Å². The van der Waals surface area contributed by atoms with E-state index >= 15 is 0 Å². The fraction of sp³-hybridized carbons (Fsp3) is 0. The predicted octanol–water partition coefficient (Wildman–Crippen LogP) is 2.72. The van der Waals surface area contributed by atoms with Crippen LogP contribution in [-0.2, 0) is 0 Å². The average Bonchev–Trinajstić information content (AvgIpc) is 2.27. The molecular weight excluding hydrogens is 233 g/mol. The highest BCUT2D eigenvalue weighted by molar-refractivity contribution is 6.28. The summed E-state index contributed by atoms with van der Waals surface area (Å²) >= 11 is 5.57. The van der Waals surface area contributed by atoms with Gasteiger partial charge in [-0.25, -0.2) is 9.37 Å². The highest BCUT2D eigenvalue weighted by Gasteiger charge is 2.05. The average molecular weight is 240 g/mol. The third-order valence-electron chi connectivity index (χ3n) is 1.85. The summed E-state index contributed by atoms with van der Waals surface area (Å²) in [4.78, 5) is 7.39. The van der Waals surface area contributed by atoms with Gasteiger partial charge in [0, 0.05) is 5.69 Å². The molecule has 0 spiro atoms. The van der Waals surface area contributed by atoms with Crippen LogP contribution in [0.4, 0.5) is 15.9 Å². The molecule has 0 amide bonds. The van der Waals surface area contributed by atoms with Gasteiger partial charge in [0.2, 0.25) is 5.28 Å². The second-order valence-electron chi connectivity index (χ2n) is 3.00. The van der Waals surface area contributed by atoms with E-state index in [1.165, 1.54) is 30.5 Å². The smallest absolute Gasteiger partial charge is 0.224 e. The Hall–Kier alpha value is -1.88. The number of aromatic nitrogens is 2. The van der Waals surface area contributed by atoms with Crippen LogP contribution in [0.15, 0.2) is 30.5 Å². The lowest BCUT2D eigenvalue weighted by atomic mass is 10.3. The number of nitrogens with zero attached hydrogens (tertiary/aromatic N) is 2. The Morgan fingerprint density at radius 1 is 1.25 bits per heavy atom. The van der Waals surface area contributed by atoms with E-state index < -0.39 is 0 Å². The maximum absolute atomic E-state index is 12.6. The fourth-order valence-electron chi connectivity index (χ4n) is 1.12. The molecule has 0 radical (unpaired) electrons. The summed E-state index contributed by atoms with van der Waals surface area (Å²) in [6.45, 7) is 0. The summed E-state index contributed by atoms with van der Waals surface area (Å²) in [5, 5.41) is 12.2. The van der Waals surface area contributed by atoms with Gasteiger partial charge in [-0.1, -0.05) is 0 Å². The first-order valence-electron chi connectivity index (χ1n) is 4.39. The minimum atomic E-state index is -0.338. The fourth-order valence-corrected chi connectivity index (χ4v) is 1.25. The molecule has 2 rings (SSSR count). The molecule has 0 aliphatic heterocycles. The first-order valence-corrected chi connectivity index (χ1v) is 4.77. The van der Waals surface area contributed by atoms with Crippen LogP contribution in [0.5, 0.6) is 5.75 Å². The Balaban J connectivity index is 2.26. The van der Waals surface area contributed by atoms with Crippen molar-refractivity contribution in [3.8, 4) is 5.75 Å². The maximum atomic E-state index is 12.6. The maximum Gasteiger partial charge on any atom is 0.224 e. The molecule has 16 heavy (non-hydrogen) atoms. The van der Waals surface area contributed by atoms with Gasteiger partial charge in [-0.2, -0.15) is 4.98 Å². The van der Waals surface area contributed by atoms with E-state index in [1.807, 2.05) is 0 Å². The minimum absolute atomic E-state index is 0.0161. The monoisotopic (exact) mass is 239 g/mol. The summed E-state index contributed by atoms with van der Waals surface area (Å²) in [6.07, 6.45) is 1.18. The van der Waals surface area contributed by atoms with E-state index in [9.17, 15) is 9.50 Å². The van der Waals surface area contributed by atoms with E-state index in [0.29, 0.717) is 5.69 Å². The normalized spacial score (nSPS) is 10.1. The lowest BCUT2D eigenvalue weighted by molar-refractivity contribution is 0.472. The van der Waals surface area contributed by atoms with Gasteiger partial charge in [-0.3, -0.25) is 0 Å². The molecule has 1 aromatic carbocycles. The van der Waals surface area contributed by atoms with Gasteiger partial charge in [0.05, 0.1) is 6.20 Å². The first-order chi connectivity index (χ1) is 7.65. The van der Waals surface area contributed by atoms with Gasteiger partial charge in [0.25, 0.3) is 0 Å². The third-order valence-corrected chi connectivity index (χ3v) is 2.03. The highest BCUT2D eigenvalue weighted by atomic mass is 35.5. The second-order valence-corrected chi connectivity index (χ2v) is 3.34. The summed E-state index contributed by atoms with van der Waals surface area (Å²) in [5.41, 5.74) is 0.589. The van der Waals surface area contributed by atoms with Crippen LogP contribution in [0.25, 0.3) is 0 Å². The van der Waals surface area contributed by atoms with Crippen LogP contribution in [0.1, 0.15) is 0 Å². The van der Waals surface area contributed by atoms with Gasteiger partial charge < -0.3 is 10.4 Å². The number of halogens is 2. The molecular formula is C10H7ClFN3O. The van der Waals surface area contributed by atoms with Crippen LogP contribution in [-0.4, -0.2) is 15.1 Å². The Kier molecular flexibility index (Phi) is 2.87. The van der Waals surface area contributed by atoms with Crippen molar-refractivity contribution in [2.75, 3.05) is 5.32 Å². The van der Waals surface area contributed by atoms with Crippen molar-refractivity contribution < 1.29 is 9.50 Å². The van der Waals surface area contributed by atoms with Crippen LogP contribution in [0, 0.1) is 5.82 Å². The molecule has 0 saturated carbocycles. The predicted molar refractivity (Wildman–Crippen MR) is 58.4 cm³/mol. The largest absolute Gasteiger partial charge is 0.503 e. The number of benzene rings is 1. The Morgan fingerprint density at radius 2 is 1.94 bits per heavy atom. The summed E-state index contributed by atoms with van der Waals surface area (Å²) in [7, 11) is 0. The molecule has 0 aliphatic carbocycles. The van der Waals surface area contributed by atoms with E-state index in [4.69, 9.17) is 11.6 Å².